The molecule has 0 aliphatic rings. The summed E-state index contributed by atoms with van der Waals surface area (Å²) in [6, 6.07) is 24.2. The van der Waals surface area contributed by atoms with Gasteiger partial charge < -0.3 is 20.4 Å². The lowest BCUT2D eigenvalue weighted by Crippen LogP contribution is -2.55. The van der Waals surface area contributed by atoms with Gasteiger partial charge in [-0.15, -0.1) is 0 Å². The molecule has 0 radical (unpaired) electrons. The summed E-state index contributed by atoms with van der Waals surface area (Å²) in [7, 11) is 0. The molecule has 0 heterocycles. The number of aliphatic hydroxyl groups excluding tert-OH is 1. The Kier molecular flexibility index (Phi) is 12.3. The van der Waals surface area contributed by atoms with E-state index in [2.05, 4.69) is 10.6 Å². The Balaban J connectivity index is 1.83. The van der Waals surface area contributed by atoms with E-state index in [1.807, 2.05) is 50.2 Å². The molecule has 3 atom stereocenters. The first kappa shape index (κ1) is 32.5. The van der Waals surface area contributed by atoms with E-state index >= 15 is 0 Å². The first-order chi connectivity index (χ1) is 20.2. The Bertz CT molecular complexity index is 1290. The molecule has 0 saturated heterocycles. The SMILES string of the molecule is CCCN(CCC)C(=O)c1cccc(C(=O)N[C@@H](Cc2ccccc2)C(O)CNC(CC)(C(=O)O)c2ccccc2)c1. The molecule has 0 bridgehead atoms. The highest BCUT2D eigenvalue weighted by molar-refractivity contribution is 5.99. The van der Waals surface area contributed by atoms with E-state index < -0.39 is 29.6 Å². The predicted octanol–water partition coefficient (Wildman–Crippen LogP) is 4.63. The van der Waals surface area contributed by atoms with Crippen LogP contribution in [0.3, 0.4) is 0 Å². The van der Waals surface area contributed by atoms with Crippen molar-refractivity contribution in [3.05, 3.63) is 107 Å². The Morgan fingerprint density at radius 3 is 2.00 bits per heavy atom. The number of benzene rings is 3. The summed E-state index contributed by atoms with van der Waals surface area (Å²) in [5.41, 5.74) is 0.829. The maximum absolute atomic E-state index is 13.5. The lowest BCUT2D eigenvalue weighted by Gasteiger charge is -2.33. The first-order valence-electron chi connectivity index (χ1n) is 14.7. The zero-order valence-corrected chi connectivity index (χ0v) is 24.8. The molecule has 0 spiro atoms. The lowest BCUT2D eigenvalue weighted by molar-refractivity contribution is -0.145. The van der Waals surface area contributed by atoms with Crippen molar-refractivity contribution in [2.45, 2.75) is 64.1 Å². The third-order valence-electron chi connectivity index (χ3n) is 7.50. The van der Waals surface area contributed by atoms with Crippen LogP contribution in [0.4, 0.5) is 0 Å². The molecule has 0 aliphatic carbocycles. The van der Waals surface area contributed by atoms with Crippen molar-refractivity contribution in [3.63, 3.8) is 0 Å². The number of nitrogens with one attached hydrogen (secondary N) is 2. The van der Waals surface area contributed by atoms with E-state index in [1.165, 1.54) is 0 Å². The standard InChI is InChI=1S/C34H43N3O5/c1-4-20-37(21-5-2)32(40)27-17-13-16-26(23-27)31(39)36-29(22-25-14-9-7-10-15-25)30(38)24-35-34(6-3,33(41)42)28-18-11-8-12-19-28/h7-19,23,29-30,35,38H,4-6,20-22,24H2,1-3H3,(H,36,39)(H,41,42)/t29-,30?,34?/m0/s1. The molecule has 224 valence electrons. The normalized spacial score (nSPS) is 13.9. The Hall–Kier alpha value is -4.01. The van der Waals surface area contributed by atoms with E-state index in [0.29, 0.717) is 36.2 Å². The molecule has 8 nitrogen and oxygen atoms in total. The topological polar surface area (TPSA) is 119 Å². The largest absolute Gasteiger partial charge is 0.480 e. The van der Waals surface area contributed by atoms with Crippen LogP contribution in [0.25, 0.3) is 0 Å². The van der Waals surface area contributed by atoms with Crippen molar-refractivity contribution >= 4 is 17.8 Å². The molecule has 8 heteroatoms. The molecule has 0 aromatic heterocycles. The monoisotopic (exact) mass is 573 g/mol. The maximum Gasteiger partial charge on any atom is 0.328 e. The number of carbonyl (C=O) groups excluding carboxylic acids is 2. The van der Waals surface area contributed by atoms with Gasteiger partial charge in [-0.1, -0.05) is 87.5 Å². The van der Waals surface area contributed by atoms with E-state index in [0.717, 1.165) is 18.4 Å². The highest BCUT2D eigenvalue weighted by atomic mass is 16.4. The third kappa shape index (κ3) is 8.27. The summed E-state index contributed by atoms with van der Waals surface area (Å²) >= 11 is 0. The van der Waals surface area contributed by atoms with Gasteiger partial charge in [0.2, 0.25) is 0 Å². The molecule has 2 amide bonds. The lowest BCUT2D eigenvalue weighted by atomic mass is 9.86. The molecule has 0 saturated carbocycles. The van der Waals surface area contributed by atoms with Crippen LogP contribution >= 0.6 is 0 Å². The van der Waals surface area contributed by atoms with Crippen molar-refractivity contribution in [1.82, 2.24) is 15.5 Å². The van der Waals surface area contributed by atoms with Crippen molar-refractivity contribution in [2.75, 3.05) is 19.6 Å². The van der Waals surface area contributed by atoms with Gasteiger partial charge >= 0.3 is 5.97 Å². The number of amides is 2. The maximum atomic E-state index is 13.5. The van der Waals surface area contributed by atoms with Gasteiger partial charge in [0, 0.05) is 30.8 Å². The molecule has 4 N–H and O–H groups in total. The highest BCUT2D eigenvalue weighted by Crippen LogP contribution is 2.26. The first-order valence-corrected chi connectivity index (χ1v) is 14.7. The Labute approximate surface area is 248 Å². The molecule has 2 unspecified atom stereocenters. The second-order valence-corrected chi connectivity index (χ2v) is 10.5. The van der Waals surface area contributed by atoms with Gasteiger partial charge in [-0.05, 0) is 55.0 Å². The van der Waals surface area contributed by atoms with E-state index in [-0.39, 0.29) is 18.9 Å². The summed E-state index contributed by atoms with van der Waals surface area (Å²) < 4.78 is 0. The molecular formula is C34H43N3O5. The minimum absolute atomic E-state index is 0.0751. The fourth-order valence-corrected chi connectivity index (χ4v) is 5.16. The molecule has 0 fully saturated rings. The van der Waals surface area contributed by atoms with Crippen molar-refractivity contribution in [1.29, 1.82) is 0 Å². The number of hydrogen-bond donors (Lipinski definition) is 4. The van der Waals surface area contributed by atoms with Gasteiger partial charge in [-0.3, -0.25) is 14.9 Å². The van der Waals surface area contributed by atoms with Crippen LogP contribution in [0.5, 0.6) is 0 Å². The van der Waals surface area contributed by atoms with Gasteiger partial charge in [0.15, 0.2) is 0 Å². The number of nitrogens with zero attached hydrogens (tertiary/aromatic N) is 1. The summed E-state index contributed by atoms with van der Waals surface area (Å²) in [6.07, 6.45) is 1.14. The second-order valence-electron chi connectivity index (χ2n) is 10.5. The molecule has 3 aromatic rings. The van der Waals surface area contributed by atoms with Crippen LogP contribution in [-0.4, -0.2) is 64.7 Å². The van der Waals surface area contributed by atoms with Gasteiger partial charge in [0.1, 0.15) is 5.54 Å². The number of aliphatic carboxylic acids is 1. The van der Waals surface area contributed by atoms with Gasteiger partial charge in [0.25, 0.3) is 11.8 Å². The zero-order chi connectivity index (χ0) is 30.5. The van der Waals surface area contributed by atoms with Gasteiger partial charge in [-0.2, -0.15) is 0 Å². The summed E-state index contributed by atoms with van der Waals surface area (Å²) in [6.45, 7) is 7.02. The van der Waals surface area contributed by atoms with Crippen LogP contribution in [-0.2, 0) is 16.8 Å². The minimum Gasteiger partial charge on any atom is -0.480 e. The minimum atomic E-state index is -1.40. The molecule has 0 aliphatic heterocycles. The molecule has 3 aromatic carbocycles. The van der Waals surface area contributed by atoms with Gasteiger partial charge in [0.05, 0.1) is 12.1 Å². The number of carboxylic acids is 1. The fourth-order valence-electron chi connectivity index (χ4n) is 5.16. The zero-order valence-electron chi connectivity index (χ0n) is 24.8. The van der Waals surface area contributed by atoms with Crippen LogP contribution < -0.4 is 10.6 Å². The number of hydrogen-bond acceptors (Lipinski definition) is 5. The van der Waals surface area contributed by atoms with E-state index in [4.69, 9.17) is 0 Å². The number of aliphatic hydroxyl groups is 1. The van der Waals surface area contributed by atoms with Crippen LogP contribution in [0.15, 0.2) is 84.9 Å². The Morgan fingerprint density at radius 2 is 1.43 bits per heavy atom. The van der Waals surface area contributed by atoms with Crippen LogP contribution in [0.1, 0.15) is 71.9 Å². The summed E-state index contributed by atoms with van der Waals surface area (Å²) in [4.78, 5) is 40.9. The molecular weight excluding hydrogens is 530 g/mol. The predicted molar refractivity (Wildman–Crippen MR) is 164 cm³/mol. The van der Waals surface area contributed by atoms with Crippen LogP contribution in [0, 0.1) is 0 Å². The number of carbonyl (C=O) groups is 3. The van der Waals surface area contributed by atoms with E-state index in [1.54, 1.807) is 60.4 Å². The van der Waals surface area contributed by atoms with Crippen LogP contribution in [0.2, 0.25) is 0 Å². The van der Waals surface area contributed by atoms with Gasteiger partial charge in [-0.25, -0.2) is 4.79 Å². The highest BCUT2D eigenvalue weighted by Gasteiger charge is 2.39. The van der Waals surface area contributed by atoms with Crippen molar-refractivity contribution in [2.24, 2.45) is 0 Å². The second kappa shape index (κ2) is 15.8. The summed E-state index contributed by atoms with van der Waals surface area (Å²) in [5, 5.41) is 27.6. The Morgan fingerprint density at radius 1 is 0.833 bits per heavy atom. The summed E-state index contributed by atoms with van der Waals surface area (Å²) in [5.74, 6) is -1.59. The fraction of sp³-hybridized carbons (Fsp3) is 0.382. The average Bonchev–Trinajstić information content (AvgIpc) is 3.01. The molecule has 3 rings (SSSR count). The average molecular weight is 574 g/mol. The number of rotatable bonds is 16. The quantitative estimate of drug-likeness (QED) is 0.198. The number of carboxylic acid groups (broad SMARTS) is 1. The van der Waals surface area contributed by atoms with Crippen molar-refractivity contribution < 1.29 is 24.6 Å². The van der Waals surface area contributed by atoms with Crippen molar-refractivity contribution in [3.8, 4) is 0 Å². The molecule has 42 heavy (non-hydrogen) atoms. The smallest absolute Gasteiger partial charge is 0.328 e. The van der Waals surface area contributed by atoms with E-state index in [9.17, 15) is 24.6 Å². The third-order valence-corrected chi connectivity index (χ3v) is 7.50.